The average Bonchev–Trinajstić information content (AvgIpc) is 2.38. The molecule has 0 bridgehead atoms. The van der Waals surface area contributed by atoms with E-state index < -0.39 is 29.8 Å². The highest BCUT2D eigenvalue weighted by Crippen LogP contribution is 2.30. The number of carbonyl (C=O) groups is 3. The predicted molar refractivity (Wildman–Crippen MR) is 67.3 cm³/mol. The van der Waals surface area contributed by atoms with Crippen molar-refractivity contribution in [2.75, 3.05) is 6.61 Å². The van der Waals surface area contributed by atoms with E-state index in [4.69, 9.17) is 9.84 Å². The summed E-state index contributed by atoms with van der Waals surface area (Å²) in [6.07, 6.45) is 2.74. The lowest BCUT2D eigenvalue weighted by Crippen LogP contribution is -2.46. The maximum Gasteiger partial charge on any atom is 0.328 e. The quantitative estimate of drug-likeness (QED) is 0.726. The van der Waals surface area contributed by atoms with E-state index in [2.05, 4.69) is 5.32 Å². The molecule has 1 aliphatic carbocycles. The van der Waals surface area contributed by atoms with E-state index in [-0.39, 0.29) is 12.5 Å². The van der Waals surface area contributed by atoms with Gasteiger partial charge in [0.2, 0.25) is 5.91 Å². The van der Waals surface area contributed by atoms with Crippen LogP contribution in [0.25, 0.3) is 0 Å². The van der Waals surface area contributed by atoms with Crippen LogP contribution in [0.15, 0.2) is 0 Å². The Kier molecular flexibility index (Phi) is 5.79. The average molecular weight is 271 g/mol. The van der Waals surface area contributed by atoms with Crippen LogP contribution in [-0.4, -0.2) is 35.6 Å². The fourth-order valence-electron chi connectivity index (χ4n) is 2.39. The summed E-state index contributed by atoms with van der Waals surface area (Å²) >= 11 is 0. The zero-order valence-corrected chi connectivity index (χ0v) is 11.3. The second-order valence-corrected chi connectivity index (χ2v) is 4.82. The first-order valence-corrected chi connectivity index (χ1v) is 6.67. The molecule has 1 amide bonds. The fraction of sp³-hybridized carbons (Fsp3) is 0.769. The second-order valence-electron chi connectivity index (χ2n) is 4.82. The summed E-state index contributed by atoms with van der Waals surface area (Å²) in [6, 6.07) is -0.746. The second kappa shape index (κ2) is 7.11. The minimum Gasteiger partial charge on any atom is -0.481 e. The van der Waals surface area contributed by atoms with E-state index in [1.807, 2.05) is 0 Å². The van der Waals surface area contributed by atoms with Gasteiger partial charge in [-0.1, -0.05) is 12.8 Å². The van der Waals surface area contributed by atoms with Gasteiger partial charge in [0, 0.05) is 0 Å². The van der Waals surface area contributed by atoms with Crippen LogP contribution >= 0.6 is 0 Å². The highest BCUT2D eigenvalue weighted by atomic mass is 16.5. The first-order valence-electron chi connectivity index (χ1n) is 6.67. The van der Waals surface area contributed by atoms with Crippen molar-refractivity contribution in [2.24, 2.45) is 11.8 Å². The molecule has 0 saturated heterocycles. The van der Waals surface area contributed by atoms with Crippen LogP contribution in [0.3, 0.4) is 0 Å². The Morgan fingerprint density at radius 2 is 1.84 bits per heavy atom. The Morgan fingerprint density at radius 3 is 2.37 bits per heavy atom. The van der Waals surface area contributed by atoms with Crippen LogP contribution < -0.4 is 5.32 Å². The number of hydrogen-bond acceptors (Lipinski definition) is 4. The molecule has 6 heteroatoms. The van der Waals surface area contributed by atoms with Gasteiger partial charge in [0.15, 0.2) is 0 Å². The zero-order valence-electron chi connectivity index (χ0n) is 11.3. The lowest BCUT2D eigenvalue weighted by Gasteiger charge is -2.28. The molecule has 2 N–H and O–H groups in total. The van der Waals surface area contributed by atoms with Gasteiger partial charge in [0.1, 0.15) is 6.04 Å². The van der Waals surface area contributed by atoms with Crippen molar-refractivity contribution in [3.63, 3.8) is 0 Å². The summed E-state index contributed by atoms with van der Waals surface area (Å²) < 4.78 is 4.80. The van der Waals surface area contributed by atoms with Crippen molar-refractivity contribution in [2.45, 2.75) is 45.6 Å². The molecule has 0 aromatic heterocycles. The van der Waals surface area contributed by atoms with Crippen LogP contribution in [0.1, 0.15) is 39.5 Å². The largest absolute Gasteiger partial charge is 0.481 e. The van der Waals surface area contributed by atoms with Crippen molar-refractivity contribution in [3.8, 4) is 0 Å². The Bertz CT molecular complexity index is 355. The Morgan fingerprint density at radius 1 is 1.26 bits per heavy atom. The molecular formula is C13H21NO5. The van der Waals surface area contributed by atoms with E-state index >= 15 is 0 Å². The molecule has 1 fully saturated rings. The predicted octanol–water partition coefficient (Wildman–Crippen LogP) is 0.945. The van der Waals surface area contributed by atoms with Gasteiger partial charge >= 0.3 is 11.9 Å². The Hall–Kier alpha value is -1.59. The number of carboxylic acid groups (broad SMARTS) is 1. The van der Waals surface area contributed by atoms with Gasteiger partial charge in [-0.25, -0.2) is 4.79 Å². The molecule has 3 atom stereocenters. The van der Waals surface area contributed by atoms with E-state index in [9.17, 15) is 14.4 Å². The number of esters is 1. The summed E-state index contributed by atoms with van der Waals surface area (Å²) in [5.41, 5.74) is 0. The van der Waals surface area contributed by atoms with Crippen molar-refractivity contribution in [1.29, 1.82) is 0 Å². The molecule has 0 aromatic carbocycles. The third-order valence-electron chi connectivity index (χ3n) is 3.42. The molecule has 0 radical (unpaired) electrons. The summed E-state index contributed by atoms with van der Waals surface area (Å²) in [5.74, 6) is -3.01. The molecule has 0 aliphatic heterocycles. The normalized spacial score (nSPS) is 24.3. The van der Waals surface area contributed by atoms with Crippen LogP contribution in [0.5, 0.6) is 0 Å². The van der Waals surface area contributed by atoms with Crippen LogP contribution in [0, 0.1) is 11.8 Å². The standard InChI is InChI=1S/C13H21NO5/c1-3-19-13(18)8(2)14-11(15)9-6-4-5-7-10(9)12(16)17/h8-10H,3-7H2,1-2H3,(H,14,15)(H,16,17). The maximum absolute atomic E-state index is 12.0. The van der Waals surface area contributed by atoms with Gasteiger partial charge in [-0.2, -0.15) is 0 Å². The van der Waals surface area contributed by atoms with Crippen molar-refractivity contribution >= 4 is 17.8 Å². The molecule has 1 rings (SSSR count). The minimum absolute atomic E-state index is 0.250. The maximum atomic E-state index is 12.0. The number of carbonyl (C=O) groups excluding carboxylic acids is 2. The van der Waals surface area contributed by atoms with Crippen LogP contribution in [-0.2, 0) is 19.1 Å². The molecule has 6 nitrogen and oxygen atoms in total. The molecule has 19 heavy (non-hydrogen) atoms. The zero-order chi connectivity index (χ0) is 14.4. The Balaban J connectivity index is 2.60. The number of nitrogens with one attached hydrogen (secondary N) is 1. The van der Waals surface area contributed by atoms with Gasteiger partial charge in [-0.3, -0.25) is 9.59 Å². The van der Waals surface area contributed by atoms with E-state index in [0.29, 0.717) is 12.8 Å². The highest BCUT2D eigenvalue weighted by molar-refractivity contribution is 5.88. The molecule has 0 spiro atoms. The third kappa shape index (κ3) is 4.22. The van der Waals surface area contributed by atoms with Gasteiger partial charge < -0.3 is 15.2 Å². The fourth-order valence-corrected chi connectivity index (χ4v) is 2.39. The van der Waals surface area contributed by atoms with E-state index in [1.54, 1.807) is 6.92 Å². The number of aliphatic carboxylic acids is 1. The molecule has 3 unspecified atom stereocenters. The van der Waals surface area contributed by atoms with Gasteiger partial charge in [0.05, 0.1) is 18.4 Å². The molecule has 0 aromatic rings. The van der Waals surface area contributed by atoms with Gasteiger partial charge in [-0.05, 0) is 26.7 Å². The van der Waals surface area contributed by atoms with Crippen LogP contribution in [0.2, 0.25) is 0 Å². The Labute approximate surface area is 112 Å². The summed E-state index contributed by atoms with van der Waals surface area (Å²) in [7, 11) is 0. The van der Waals surface area contributed by atoms with Crippen LogP contribution in [0.4, 0.5) is 0 Å². The number of carboxylic acids is 1. The lowest BCUT2D eigenvalue weighted by atomic mass is 9.78. The lowest BCUT2D eigenvalue weighted by molar-refractivity contribution is -0.150. The first kappa shape index (κ1) is 15.5. The van der Waals surface area contributed by atoms with Gasteiger partial charge in [-0.15, -0.1) is 0 Å². The molecular weight excluding hydrogens is 250 g/mol. The number of ether oxygens (including phenoxy) is 1. The SMILES string of the molecule is CCOC(=O)C(C)NC(=O)C1CCCCC1C(=O)O. The molecule has 108 valence electrons. The molecule has 1 aliphatic rings. The highest BCUT2D eigenvalue weighted by Gasteiger charge is 2.36. The van der Waals surface area contributed by atoms with Crippen molar-refractivity contribution in [1.82, 2.24) is 5.32 Å². The van der Waals surface area contributed by atoms with Crippen molar-refractivity contribution in [3.05, 3.63) is 0 Å². The smallest absolute Gasteiger partial charge is 0.328 e. The number of amides is 1. The number of rotatable bonds is 5. The topological polar surface area (TPSA) is 92.7 Å². The van der Waals surface area contributed by atoms with Gasteiger partial charge in [0.25, 0.3) is 0 Å². The van der Waals surface area contributed by atoms with E-state index in [1.165, 1.54) is 6.92 Å². The summed E-state index contributed by atoms with van der Waals surface area (Å²) in [5, 5.41) is 11.7. The first-order chi connectivity index (χ1) is 8.97. The summed E-state index contributed by atoms with van der Waals surface area (Å²) in [6.45, 7) is 3.47. The monoisotopic (exact) mass is 271 g/mol. The molecule has 0 heterocycles. The van der Waals surface area contributed by atoms with E-state index in [0.717, 1.165) is 12.8 Å². The third-order valence-corrected chi connectivity index (χ3v) is 3.42. The minimum atomic E-state index is -0.941. The summed E-state index contributed by atoms with van der Waals surface area (Å²) in [4.78, 5) is 34.6. The molecule has 1 saturated carbocycles. The number of hydrogen-bond donors (Lipinski definition) is 2. The van der Waals surface area contributed by atoms with Crippen molar-refractivity contribution < 1.29 is 24.2 Å².